The summed E-state index contributed by atoms with van der Waals surface area (Å²) in [6.45, 7) is 5.42. The third-order valence-corrected chi connectivity index (χ3v) is 2.63. The first-order valence-electron chi connectivity index (χ1n) is 5.45. The summed E-state index contributed by atoms with van der Waals surface area (Å²) in [5.41, 5.74) is 2.05. The van der Waals surface area contributed by atoms with Crippen LogP contribution < -0.4 is 0 Å². The molecule has 0 aliphatic heterocycles. The summed E-state index contributed by atoms with van der Waals surface area (Å²) in [5.74, 6) is -0.697. The van der Waals surface area contributed by atoms with E-state index in [-0.39, 0.29) is 18.3 Å². The molecular formula is C12H17NO3S. The first-order chi connectivity index (χ1) is 7.90. The van der Waals surface area contributed by atoms with Gasteiger partial charge < -0.3 is 9.53 Å². The van der Waals surface area contributed by atoms with Crippen LogP contribution in [-0.2, 0) is 20.7 Å². The summed E-state index contributed by atoms with van der Waals surface area (Å²) in [5, 5.41) is 1.88. The molecule has 1 aromatic heterocycles. The van der Waals surface area contributed by atoms with Crippen molar-refractivity contribution < 1.29 is 14.3 Å². The van der Waals surface area contributed by atoms with Crippen LogP contribution in [0.3, 0.4) is 0 Å². The van der Waals surface area contributed by atoms with E-state index in [2.05, 4.69) is 4.98 Å². The van der Waals surface area contributed by atoms with Gasteiger partial charge in [-0.3, -0.25) is 4.79 Å². The number of carbonyl (C=O) groups is 2. The second-order valence-corrected chi connectivity index (χ2v) is 5.59. The van der Waals surface area contributed by atoms with E-state index in [0.29, 0.717) is 6.42 Å². The third kappa shape index (κ3) is 5.58. The Morgan fingerprint density at radius 1 is 1.59 bits per heavy atom. The lowest BCUT2D eigenvalue weighted by Crippen LogP contribution is -2.26. The van der Waals surface area contributed by atoms with Gasteiger partial charge in [-0.25, -0.2) is 4.98 Å². The van der Waals surface area contributed by atoms with Gasteiger partial charge >= 0.3 is 5.97 Å². The van der Waals surface area contributed by atoms with Crippen LogP contribution in [0, 0.1) is 5.92 Å². The quantitative estimate of drug-likeness (QED) is 0.598. The molecule has 1 heterocycles. The van der Waals surface area contributed by atoms with Crippen LogP contribution >= 0.6 is 11.3 Å². The number of thiazole rings is 1. The van der Waals surface area contributed by atoms with Crippen molar-refractivity contribution in [3.05, 3.63) is 16.6 Å². The molecular weight excluding hydrogens is 238 g/mol. The van der Waals surface area contributed by atoms with Gasteiger partial charge in [-0.05, 0) is 20.8 Å². The van der Waals surface area contributed by atoms with Gasteiger partial charge in [-0.15, -0.1) is 11.3 Å². The van der Waals surface area contributed by atoms with Crippen LogP contribution in [0.4, 0.5) is 0 Å². The van der Waals surface area contributed by atoms with Crippen molar-refractivity contribution in [1.82, 2.24) is 4.98 Å². The topological polar surface area (TPSA) is 56.3 Å². The third-order valence-electron chi connectivity index (χ3n) is 2.00. The molecule has 0 radical (unpaired) electrons. The van der Waals surface area contributed by atoms with E-state index in [1.165, 1.54) is 11.3 Å². The molecule has 0 amide bonds. The molecule has 0 aliphatic rings. The summed E-state index contributed by atoms with van der Waals surface area (Å²) >= 11 is 1.48. The van der Waals surface area contributed by atoms with Crippen LogP contribution in [0.15, 0.2) is 10.9 Å². The predicted molar refractivity (Wildman–Crippen MR) is 65.8 cm³/mol. The highest BCUT2D eigenvalue weighted by atomic mass is 32.1. The number of aromatic nitrogens is 1. The number of esters is 1. The number of hydrogen-bond acceptors (Lipinski definition) is 5. The lowest BCUT2D eigenvalue weighted by atomic mass is 10.0. The maximum absolute atomic E-state index is 11.6. The minimum atomic E-state index is -0.509. The highest BCUT2D eigenvalue weighted by Gasteiger charge is 2.20. The summed E-state index contributed by atoms with van der Waals surface area (Å²) in [7, 11) is 0. The van der Waals surface area contributed by atoms with Gasteiger partial charge in [0.15, 0.2) is 0 Å². The number of nitrogens with zero attached hydrogens (tertiary/aromatic N) is 1. The molecule has 0 saturated heterocycles. The van der Waals surface area contributed by atoms with E-state index in [9.17, 15) is 9.59 Å². The Labute approximate surface area is 105 Å². The molecule has 1 unspecified atom stereocenters. The monoisotopic (exact) mass is 255 g/mol. The van der Waals surface area contributed by atoms with Crippen LogP contribution in [0.5, 0.6) is 0 Å². The zero-order valence-electron chi connectivity index (χ0n) is 10.3. The first kappa shape index (κ1) is 13.8. The smallest absolute Gasteiger partial charge is 0.307 e. The van der Waals surface area contributed by atoms with E-state index in [1.807, 2.05) is 5.38 Å². The molecule has 0 fully saturated rings. The Bertz CT molecular complexity index is 368. The summed E-state index contributed by atoms with van der Waals surface area (Å²) in [4.78, 5) is 26.6. The van der Waals surface area contributed by atoms with Crippen LogP contribution in [0.25, 0.3) is 0 Å². The Kier molecular flexibility index (Phi) is 4.81. The molecule has 1 atom stereocenters. The fraction of sp³-hybridized carbons (Fsp3) is 0.583. The van der Waals surface area contributed by atoms with Gasteiger partial charge in [-0.1, -0.05) is 0 Å². The van der Waals surface area contributed by atoms with Crippen LogP contribution in [-0.4, -0.2) is 22.8 Å². The Balaban J connectivity index is 2.47. The van der Waals surface area contributed by atoms with E-state index in [0.717, 1.165) is 12.0 Å². The molecule has 0 saturated carbocycles. The van der Waals surface area contributed by atoms with Crippen molar-refractivity contribution in [2.75, 3.05) is 0 Å². The van der Waals surface area contributed by atoms with Crippen molar-refractivity contribution in [2.24, 2.45) is 5.92 Å². The average Bonchev–Trinajstić information content (AvgIpc) is 2.66. The van der Waals surface area contributed by atoms with Gasteiger partial charge in [0.1, 0.15) is 11.9 Å². The molecule has 0 N–H and O–H groups in total. The maximum Gasteiger partial charge on any atom is 0.307 e. The lowest BCUT2D eigenvalue weighted by Gasteiger charge is -2.20. The Morgan fingerprint density at radius 3 is 2.76 bits per heavy atom. The average molecular weight is 255 g/mol. The second kappa shape index (κ2) is 5.91. The lowest BCUT2D eigenvalue weighted by molar-refractivity contribution is -0.156. The Hall–Kier alpha value is -1.23. The van der Waals surface area contributed by atoms with E-state index in [4.69, 9.17) is 4.74 Å². The fourth-order valence-electron chi connectivity index (χ4n) is 1.37. The molecule has 4 nitrogen and oxygen atoms in total. The van der Waals surface area contributed by atoms with Crippen molar-refractivity contribution in [2.45, 2.75) is 39.2 Å². The first-order valence-corrected chi connectivity index (χ1v) is 6.39. The number of hydrogen-bond donors (Lipinski definition) is 0. The van der Waals surface area contributed by atoms with Gasteiger partial charge in [0.25, 0.3) is 0 Å². The van der Waals surface area contributed by atoms with E-state index < -0.39 is 5.60 Å². The van der Waals surface area contributed by atoms with Gasteiger partial charge in [0.05, 0.1) is 17.6 Å². The number of rotatable bonds is 5. The van der Waals surface area contributed by atoms with Crippen molar-refractivity contribution in [1.29, 1.82) is 0 Å². The van der Waals surface area contributed by atoms with Gasteiger partial charge in [0, 0.05) is 17.7 Å². The number of carbonyl (C=O) groups excluding carboxylic acids is 2. The molecule has 1 aromatic rings. The summed E-state index contributed by atoms with van der Waals surface area (Å²) in [6, 6.07) is 0. The van der Waals surface area contributed by atoms with Crippen molar-refractivity contribution >= 4 is 23.6 Å². The van der Waals surface area contributed by atoms with E-state index >= 15 is 0 Å². The minimum absolute atomic E-state index is 0.109. The minimum Gasteiger partial charge on any atom is -0.460 e. The largest absolute Gasteiger partial charge is 0.460 e. The van der Waals surface area contributed by atoms with Gasteiger partial charge in [0.2, 0.25) is 0 Å². The number of aldehydes is 1. The maximum atomic E-state index is 11.6. The second-order valence-electron chi connectivity index (χ2n) is 4.87. The molecule has 0 aromatic carbocycles. The molecule has 0 aliphatic carbocycles. The van der Waals surface area contributed by atoms with Crippen LogP contribution in [0.1, 0.15) is 32.9 Å². The molecule has 17 heavy (non-hydrogen) atoms. The molecule has 94 valence electrons. The molecule has 0 bridgehead atoms. The standard InChI is InChI=1S/C12H17NO3S/c1-12(2,3)16-11(15)5-9(6-14)4-10-7-17-8-13-10/h6-9H,4-5H2,1-3H3. The molecule has 5 heteroatoms. The number of ether oxygens (including phenoxy) is 1. The normalized spacial score (nSPS) is 13.1. The van der Waals surface area contributed by atoms with Crippen molar-refractivity contribution in [3.8, 4) is 0 Å². The highest BCUT2D eigenvalue weighted by molar-refractivity contribution is 7.07. The molecule has 0 spiro atoms. The zero-order valence-corrected chi connectivity index (χ0v) is 11.1. The Morgan fingerprint density at radius 2 is 2.29 bits per heavy atom. The van der Waals surface area contributed by atoms with E-state index in [1.54, 1.807) is 26.3 Å². The summed E-state index contributed by atoms with van der Waals surface area (Å²) in [6.07, 6.45) is 1.40. The van der Waals surface area contributed by atoms with Gasteiger partial charge in [-0.2, -0.15) is 0 Å². The SMILES string of the molecule is CC(C)(C)OC(=O)CC(C=O)Cc1cscn1. The molecule has 1 rings (SSSR count). The van der Waals surface area contributed by atoms with Crippen molar-refractivity contribution in [3.63, 3.8) is 0 Å². The fourth-order valence-corrected chi connectivity index (χ4v) is 1.94. The zero-order chi connectivity index (χ0) is 12.9. The van der Waals surface area contributed by atoms with Crippen LogP contribution in [0.2, 0.25) is 0 Å². The predicted octanol–water partition coefficient (Wildman–Crippen LogP) is 2.23. The summed E-state index contributed by atoms with van der Waals surface area (Å²) < 4.78 is 5.17. The highest BCUT2D eigenvalue weighted by Crippen LogP contribution is 2.14.